The summed E-state index contributed by atoms with van der Waals surface area (Å²) < 4.78 is 0. The fourth-order valence-corrected chi connectivity index (χ4v) is 1.95. The first-order valence-corrected chi connectivity index (χ1v) is 5.64. The Morgan fingerprint density at radius 1 is 1.38 bits per heavy atom. The molecule has 0 radical (unpaired) electrons. The maximum atomic E-state index is 8.93. The Labute approximate surface area is 95.9 Å². The summed E-state index contributed by atoms with van der Waals surface area (Å²) in [6.07, 6.45) is 1.12. The summed E-state index contributed by atoms with van der Waals surface area (Å²) in [5, 5.41) is 12.3. The van der Waals surface area contributed by atoms with Gasteiger partial charge in [0.1, 0.15) is 5.82 Å². The summed E-state index contributed by atoms with van der Waals surface area (Å²) in [4.78, 5) is 6.74. The molecule has 2 rings (SSSR count). The highest BCUT2D eigenvalue weighted by Gasteiger charge is 2.11. The Morgan fingerprint density at radius 2 is 2.25 bits per heavy atom. The molecule has 0 atom stereocenters. The molecule has 1 N–H and O–H groups in total. The minimum Gasteiger partial charge on any atom is -0.355 e. The van der Waals surface area contributed by atoms with Crippen molar-refractivity contribution in [3.63, 3.8) is 0 Å². The average Bonchev–Trinajstić information content (AvgIpc) is 2.56. The average molecular weight is 216 g/mol. The number of nitrogens with one attached hydrogen (secondary N) is 1. The molecule has 1 fully saturated rings. The zero-order chi connectivity index (χ0) is 11.4. The molecular formula is C12H16N4. The van der Waals surface area contributed by atoms with Crippen LogP contribution in [0.15, 0.2) is 12.1 Å². The lowest BCUT2D eigenvalue weighted by molar-refractivity contribution is 0.724. The van der Waals surface area contributed by atoms with Crippen LogP contribution in [0.3, 0.4) is 0 Å². The highest BCUT2D eigenvalue weighted by Crippen LogP contribution is 2.15. The lowest BCUT2D eigenvalue weighted by atomic mass is 10.2. The van der Waals surface area contributed by atoms with Gasteiger partial charge in [-0.05, 0) is 32.0 Å². The molecule has 1 aliphatic rings. The highest BCUT2D eigenvalue weighted by molar-refractivity contribution is 5.46. The highest BCUT2D eigenvalue weighted by atomic mass is 15.2. The number of anilines is 1. The van der Waals surface area contributed by atoms with E-state index in [9.17, 15) is 0 Å². The predicted molar refractivity (Wildman–Crippen MR) is 63.4 cm³/mol. The maximum absolute atomic E-state index is 8.93. The SMILES string of the molecule is Cc1cc(C#N)cc(N2CCCNCC2)n1. The van der Waals surface area contributed by atoms with Gasteiger partial charge in [0.2, 0.25) is 0 Å². The lowest BCUT2D eigenvalue weighted by Crippen LogP contribution is -2.28. The minimum atomic E-state index is 0.694. The molecule has 1 saturated heterocycles. The molecule has 4 nitrogen and oxygen atoms in total. The third-order valence-corrected chi connectivity index (χ3v) is 2.73. The largest absolute Gasteiger partial charge is 0.355 e. The van der Waals surface area contributed by atoms with Crippen molar-refractivity contribution in [1.29, 1.82) is 5.26 Å². The van der Waals surface area contributed by atoms with Gasteiger partial charge in [-0.3, -0.25) is 0 Å². The Hall–Kier alpha value is -1.60. The van der Waals surface area contributed by atoms with Gasteiger partial charge >= 0.3 is 0 Å². The molecule has 0 unspecified atom stereocenters. The summed E-state index contributed by atoms with van der Waals surface area (Å²) in [6.45, 7) is 5.95. The van der Waals surface area contributed by atoms with Gasteiger partial charge in [0.15, 0.2) is 0 Å². The molecule has 1 aromatic rings. The van der Waals surface area contributed by atoms with Gasteiger partial charge in [-0.25, -0.2) is 4.98 Å². The van der Waals surface area contributed by atoms with E-state index in [4.69, 9.17) is 5.26 Å². The lowest BCUT2D eigenvalue weighted by Gasteiger charge is -2.21. The van der Waals surface area contributed by atoms with Crippen molar-refractivity contribution in [3.8, 4) is 6.07 Å². The van der Waals surface area contributed by atoms with Crippen LogP contribution in [0.25, 0.3) is 0 Å². The number of aryl methyl sites for hydroxylation is 1. The van der Waals surface area contributed by atoms with Crippen molar-refractivity contribution < 1.29 is 0 Å². The Morgan fingerprint density at radius 3 is 3.06 bits per heavy atom. The van der Waals surface area contributed by atoms with Crippen molar-refractivity contribution in [1.82, 2.24) is 10.3 Å². The first-order chi connectivity index (χ1) is 7.79. The van der Waals surface area contributed by atoms with Gasteiger partial charge in [0.25, 0.3) is 0 Å². The van der Waals surface area contributed by atoms with E-state index in [0.717, 1.165) is 44.1 Å². The van der Waals surface area contributed by atoms with Gasteiger partial charge in [0.05, 0.1) is 11.6 Å². The van der Waals surface area contributed by atoms with Crippen molar-refractivity contribution in [3.05, 3.63) is 23.4 Å². The van der Waals surface area contributed by atoms with Crippen molar-refractivity contribution in [2.75, 3.05) is 31.1 Å². The summed E-state index contributed by atoms with van der Waals surface area (Å²) in [6, 6.07) is 5.87. The van der Waals surface area contributed by atoms with Gasteiger partial charge in [-0.1, -0.05) is 0 Å². The van der Waals surface area contributed by atoms with Crippen molar-refractivity contribution in [2.24, 2.45) is 0 Å². The van der Waals surface area contributed by atoms with E-state index >= 15 is 0 Å². The number of aromatic nitrogens is 1. The van der Waals surface area contributed by atoms with Crippen LogP contribution >= 0.6 is 0 Å². The number of nitrogens with zero attached hydrogens (tertiary/aromatic N) is 3. The van der Waals surface area contributed by atoms with Gasteiger partial charge in [-0.2, -0.15) is 5.26 Å². The van der Waals surface area contributed by atoms with Crippen LogP contribution in [0.2, 0.25) is 0 Å². The van der Waals surface area contributed by atoms with E-state index in [1.165, 1.54) is 0 Å². The topological polar surface area (TPSA) is 52.0 Å². The first-order valence-electron chi connectivity index (χ1n) is 5.64. The van der Waals surface area contributed by atoms with Gasteiger partial charge < -0.3 is 10.2 Å². The maximum Gasteiger partial charge on any atom is 0.130 e. The number of hydrogen-bond donors (Lipinski definition) is 1. The summed E-state index contributed by atoms with van der Waals surface area (Å²) in [5.74, 6) is 0.931. The smallest absolute Gasteiger partial charge is 0.130 e. The number of pyridine rings is 1. The summed E-state index contributed by atoms with van der Waals surface area (Å²) >= 11 is 0. The van der Waals surface area contributed by atoms with E-state index in [1.807, 2.05) is 19.1 Å². The Kier molecular flexibility index (Phi) is 3.37. The number of hydrogen-bond acceptors (Lipinski definition) is 4. The molecule has 16 heavy (non-hydrogen) atoms. The molecule has 0 bridgehead atoms. The standard InChI is InChI=1S/C12H16N4/c1-10-7-11(9-13)8-12(15-10)16-5-2-3-14-4-6-16/h7-8,14H,2-6H2,1H3. The molecule has 84 valence electrons. The van der Waals surface area contributed by atoms with Gasteiger partial charge in [0, 0.05) is 25.3 Å². The molecule has 0 saturated carbocycles. The van der Waals surface area contributed by atoms with Crippen LogP contribution in [0.5, 0.6) is 0 Å². The molecule has 0 aromatic carbocycles. The fraction of sp³-hybridized carbons (Fsp3) is 0.500. The normalized spacial score (nSPS) is 16.6. The first kappa shape index (κ1) is 10.9. The van der Waals surface area contributed by atoms with Crippen LogP contribution in [-0.2, 0) is 0 Å². The number of rotatable bonds is 1. The molecule has 1 aromatic heterocycles. The minimum absolute atomic E-state index is 0.694. The monoisotopic (exact) mass is 216 g/mol. The van der Waals surface area contributed by atoms with Crippen LogP contribution in [0.4, 0.5) is 5.82 Å². The molecule has 1 aliphatic heterocycles. The molecule has 4 heteroatoms. The summed E-state index contributed by atoms with van der Waals surface area (Å²) in [7, 11) is 0. The molecule has 0 aliphatic carbocycles. The number of nitriles is 1. The molecule has 0 spiro atoms. The second kappa shape index (κ2) is 4.95. The van der Waals surface area contributed by atoms with Crippen molar-refractivity contribution >= 4 is 5.82 Å². The Bertz CT molecular complexity index is 400. The zero-order valence-corrected chi connectivity index (χ0v) is 9.53. The molecule has 0 amide bonds. The predicted octanol–water partition coefficient (Wildman–Crippen LogP) is 1.06. The quantitative estimate of drug-likeness (QED) is 0.762. The van der Waals surface area contributed by atoms with E-state index in [0.29, 0.717) is 5.56 Å². The van der Waals surface area contributed by atoms with Crippen LogP contribution in [0, 0.1) is 18.3 Å². The van der Waals surface area contributed by atoms with Crippen LogP contribution in [0.1, 0.15) is 17.7 Å². The van der Waals surface area contributed by atoms with E-state index in [2.05, 4.69) is 21.3 Å². The second-order valence-corrected chi connectivity index (χ2v) is 4.06. The third kappa shape index (κ3) is 2.50. The fourth-order valence-electron chi connectivity index (χ4n) is 1.95. The zero-order valence-electron chi connectivity index (χ0n) is 9.53. The summed E-state index contributed by atoms with van der Waals surface area (Å²) in [5.41, 5.74) is 1.60. The van der Waals surface area contributed by atoms with Gasteiger partial charge in [-0.15, -0.1) is 0 Å². The van der Waals surface area contributed by atoms with E-state index < -0.39 is 0 Å². The Balaban J connectivity index is 2.24. The van der Waals surface area contributed by atoms with E-state index in [-0.39, 0.29) is 0 Å². The van der Waals surface area contributed by atoms with E-state index in [1.54, 1.807) is 0 Å². The second-order valence-electron chi connectivity index (χ2n) is 4.06. The molecule has 2 heterocycles. The van der Waals surface area contributed by atoms with Crippen molar-refractivity contribution in [2.45, 2.75) is 13.3 Å². The third-order valence-electron chi connectivity index (χ3n) is 2.73. The van der Waals surface area contributed by atoms with Crippen LogP contribution in [-0.4, -0.2) is 31.2 Å². The molecular weight excluding hydrogens is 200 g/mol. The van der Waals surface area contributed by atoms with Crippen LogP contribution < -0.4 is 10.2 Å².